The lowest BCUT2D eigenvalue weighted by atomic mass is 10.3. The Labute approximate surface area is 50.5 Å². The van der Waals surface area contributed by atoms with Crippen LogP contribution >= 0.6 is 0 Å². The van der Waals surface area contributed by atoms with Gasteiger partial charge in [0.1, 0.15) is 0 Å². The van der Waals surface area contributed by atoms with Crippen LogP contribution in [0, 0.1) is 4.91 Å². The van der Waals surface area contributed by atoms with Gasteiger partial charge in [-0.05, 0) is 6.92 Å². The largest absolute Gasteiger partial charge is 0.198 e. The Kier molecular flexibility index (Phi) is 3.40. The number of nitroso groups, excluding NO2 is 1. The van der Waals surface area contributed by atoms with E-state index >= 15 is 0 Å². The van der Waals surface area contributed by atoms with Crippen molar-refractivity contribution < 1.29 is 4.76 Å². The van der Waals surface area contributed by atoms with Crippen molar-refractivity contribution in [1.29, 1.82) is 0 Å². The summed E-state index contributed by atoms with van der Waals surface area (Å²) in [7, 11) is 0. The Hall–Kier alpha value is -0.400. The van der Waals surface area contributed by atoms with Crippen LogP contribution in [0.4, 0.5) is 0 Å². The monoisotopic (exact) mass is 116 g/mol. The van der Waals surface area contributed by atoms with Gasteiger partial charge < -0.3 is 0 Å². The molecule has 0 aromatic rings. The lowest BCUT2D eigenvalue weighted by Gasteiger charge is -1.95. The van der Waals surface area contributed by atoms with Crippen LogP contribution in [0.3, 0.4) is 0 Å². The summed E-state index contributed by atoms with van der Waals surface area (Å²) in [6.07, 6.45) is 0.942. The van der Waals surface area contributed by atoms with Gasteiger partial charge in [-0.3, -0.25) is 0 Å². The summed E-state index contributed by atoms with van der Waals surface area (Å²) in [5.74, 6) is 0. The molecule has 0 aliphatic carbocycles. The van der Waals surface area contributed by atoms with Gasteiger partial charge in [-0.1, -0.05) is 6.92 Å². The molecule has 0 saturated carbocycles. The van der Waals surface area contributed by atoms with Gasteiger partial charge in [0, 0.05) is 23.0 Å². The Balaban J connectivity index is 3.46. The molecular formula is C6H14NO+. The lowest BCUT2D eigenvalue weighted by Crippen LogP contribution is -2.18. The second-order valence-corrected chi connectivity index (χ2v) is 1.99. The van der Waals surface area contributed by atoms with Gasteiger partial charge in [0.05, 0.1) is 0 Å². The third kappa shape index (κ3) is 2.05. The molecule has 0 aromatic carbocycles. The van der Waals surface area contributed by atoms with Gasteiger partial charge in [-0.25, -0.2) is 0 Å². The van der Waals surface area contributed by atoms with Crippen LogP contribution in [0.15, 0.2) is 0 Å². The summed E-state index contributed by atoms with van der Waals surface area (Å²) < 4.78 is 1.10. The molecule has 0 aromatic heterocycles. The van der Waals surface area contributed by atoms with E-state index in [9.17, 15) is 4.91 Å². The topological polar surface area (TPSA) is 20.1 Å². The normalized spacial score (nSPS) is 13.4. The van der Waals surface area contributed by atoms with Gasteiger partial charge in [0.2, 0.25) is 0 Å². The molecule has 0 heterocycles. The van der Waals surface area contributed by atoms with Gasteiger partial charge in [0.15, 0.2) is 12.6 Å². The average molecular weight is 116 g/mol. The van der Waals surface area contributed by atoms with Crippen molar-refractivity contribution in [2.75, 3.05) is 6.54 Å². The van der Waals surface area contributed by atoms with E-state index < -0.39 is 0 Å². The highest BCUT2D eigenvalue weighted by Crippen LogP contribution is 1.92. The van der Waals surface area contributed by atoms with Gasteiger partial charge in [-0.2, -0.15) is 0 Å². The van der Waals surface area contributed by atoms with Crippen LogP contribution in [-0.4, -0.2) is 17.3 Å². The molecule has 0 saturated heterocycles. The summed E-state index contributed by atoms with van der Waals surface area (Å²) in [6, 6.07) is 0.194. The van der Waals surface area contributed by atoms with E-state index in [0.29, 0.717) is 6.54 Å². The molecule has 48 valence electrons. The highest BCUT2D eigenvalue weighted by Gasteiger charge is 2.12. The first-order valence-corrected chi connectivity index (χ1v) is 3.16. The van der Waals surface area contributed by atoms with Crippen molar-refractivity contribution in [3.63, 3.8) is 0 Å². The van der Waals surface area contributed by atoms with Crippen molar-refractivity contribution >= 4 is 0 Å². The smallest absolute Gasteiger partial charge is 0.0589 e. The van der Waals surface area contributed by atoms with Crippen LogP contribution in [-0.2, 0) is 0 Å². The van der Waals surface area contributed by atoms with Gasteiger partial charge >= 0.3 is 0 Å². The van der Waals surface area contributed by atoms with Gasteiger partial charge in [0.25, 0.3) is 0 Å². The van der Waals surface area contributed by atoms with E-state index in [1.54, 1.807) is 0 Å². The Morgan fingerprint density at radius 1 is 1.50 bits per heavy atom. The van der Waals surface area contributed by atoms with Crippen molar-refractivity contribution in [3.8, 4) is 0 Å². The standard InChI is InChI=1S/C6H14NO/c1-4-6(3)7(8)5-2/h6H,4-5H2,1-3H3/q+1. The maximum Gasteiger partial charge on any atom is 0.198 e. The third-order valence-corrected chi connectivity index (χ3v) is 1.39. The number of rotatable bonds is 3. The van der Waals surface area contributed by atoms with E-state index in [0.717, 1.165) is 11.2 Å². The third-order valence-electron chi connectivity index (χ3n) is 1.39. The van der Waals surface area contributed by atoms with Crippen molar-refractivity contribution in [2.24, 2.45) is 0 Å². The summed E-state index contributed by atoms with van der Waals surface area (Å²) in [4.78, 5) is 10.7. The van der Waals surface area contributed by atoms with E-state index in [-0.39, 0.29) is 6.04 Å². The van der Waals surface area contributed by atoms with Crippen LogP contribution in [0.25, 0.3) is 0 Å². The lowest BCUT2D eigenvalue weighted by molar-refractivity contribution is -0.579. The Bertz CT molecular complexity index is 80.6. The molecular weight excluding hydrogens is 102 g/mol. The molecule has 0 N–H and O–H groups in total. The first kappa shape index (κ1) is 7.60. The molecule has 0 aliphatic rings. The van der Waals surface area contributed by atoms with Crippen molar-refractivity contribution in [2.45, 2.75) is 33.2 Å². The highest BCUT2D eigenvalue weighted by atomic mass is 16.3. The van der Waals surface area contributed by atoms with Crippen LogP contribution < -0.4 is 0 Å². The first-order chi connectivity index (χ1) is 3.72. The maximum absolute atomic E-state index is 10.7. The SMILES string of the molecule is CCC(C)[N+](=O)CC. The Morgan fingerprint density at radius 2 is 2.00 bits per heavy atom. The molecule has 8 heavy (non-hydrogen) atoms. The molecule has 2 heteroatoms. The first-order valence-electron chi connectivity index (χ1n) is 3.16. The molecule has 2 nitrogen and oxygen atoms in total. The van der Waals surface area contributed by atoms with Crippen LogP contribution in [0.2, 0.25) is 0 Å². The summed E-state index contributed by atoms with van der Waals surface area (Å²) in [5.41, 5.74) is 0. The minimum Gasteiger partial charge on any atom is -0.0589 e. The average Bonchev–Trinajstić information content (AvgIpc) is 1.84. The number of nitrogens with zero attached hydrogens (tertiary/aromatic N) is 1. The van der Waals surface area contributed by atoms with E-state index in [4.69, 9.17) is 0 Å². The molecule has 0 aliphatic heterocycles. The fourth-order valence-electron chi connectivity index (χ4n) is 0.515. The van der Waals surface area contributed by atoms with Crippen LogP contribution in [0.5, 0.6) is 0 Å². The Morgan fingerprint density at radius 3 is 2.12 bits per heavy atom. The quantitative estimate of drug-likeness (QED) is 0.512. The predicted octanol–water partition coefficient (Wildman–Crippen LogP) is 1.58. The fraction of sp³-hybridized carbons (Fsp3) is 1.00. The minimum atomic E-state index is 0.194. The number of hydrogen-bond acceptors (Lipinski definition) is 1. The molecule has 1 unspecified atom stereocenters. The molecule has 1 atom stereocenters. The fourth-order valence-corrected chi connectivity index (χ4v) is 0.515. The molecule has 0 rings (SSSR count). The van der Waals surface area contributed by atoms with Gasteiger partial charge in [-0.15, -0.1) is 0 Å². The summed E-state index contributed by atoms with van der Waals surface area (Å²) in [5, 5.41) is 0. The molecule has 0 radical (unpaired) electrons. The zero-order valence-electron chi connectivity index (χ0n) is 5.85. The molecule has 0 bridgehead atoms. The van der Waals surface area contributed by atoms with E-state index in [1.807, 2.05) is 20.8 Å². The molecule has 0 spiro atoms. The van der Waals surface area contributed by atoms with E-state index in [2.05, 4.69) is 0 Å². The molecule has 0 amide bonds. The maximum atomic E-state index is 10.7. The second-order valence-electron chi connectivity index (χ2n) is 1.99. The zero-order chi connectivity index (χ0) is 6.57. The van der Waals surface area contributed by atoms with Crippen molar-refractivity contribution in [1.82, 2.24) is 0 Å². The highest BCUT2D eigenvalue weighted by molar-refractivity contribution is 4.38. The molecule has 0 fully saturated rings. The number of hydrogen-bond donors (Lipinski definition) is 0. The predicted molar refractivity (Wildman–Crippen MR) is 33.9 cm³/mol. The van der Waals surface area contributed by atoms with Crippen molar-refractivity contribution in [3.05, 3.63) is 4.91 Å². The zero-order valence-corrected chi connectivity index (χ0v) is 5.85. The van der Waals surface area contributed by atoms with Crippen LogP contribution in [0.1, 0.15) is 27.2 Å². The summed E-state index contributed by atoms with van der Waals surface area (Å²) in [6.45, 7) is 6.44. The van der Waals surface area contributed by atoms with E-state index in [1.165, 1.54) is 0 Å². The second kappa shape index (κ2) is 3.58. The minimum absolute atomic E-state index is 0.194. The summed E-state index contributed by atoms with van der Waals surface area (Å²) >= 11 is 0.